The molecule has 0 rings (SSSR count). The van der Waals surface area contributed by atoms with E-state index in [2.05, 4.69) is 0 Å². The van der Waals surface area contributed by atoms with Crippen LogP contribution in [0.2, 0.25) is 0 Å². The monoisotopic (exact) mass is 913 g/mol. The molecule has 0 fully saturated rings. The van der Waals surface area contributed by atoms with Crippen LogP contribution < -0.4 is 23.6 Å². The summed E-state index contributed by atoms with van der Waals surface area (Å²) in [5.41, 5.74) is 0. The van der Waals surface area contributed by atoms with Crippen molar-refractivity contribution in [1.82, 2.24) is 0 Å². The fourth-order valence-electron chi connectivity index (χ4n) is 0. The van der Waals surface area contributed by atoms with Crippen molar-refractivity contribution in [1.29, 1.82) is 0 Å². The summed E-state index contributed by atoms with van der Waals surface area (Å²) >= 11 is -23.2. The topological polar surface area (TPSA) is 292 Å². The Bertz CT molecular complexity index is 691. The minimum atomic E-state index is -7.72. The van der Waals surface area contributed by atoms with E-state index in [4.69, 9.17) is 55.8 Å². The fourth-order valence-corrected chi connectivity index (χ4v) is 0. The molecule has 0 amide bonds. The minimum absolute atomic E-state index is 0. The predicted octanol–water partition coefficient (Wildman–Crippen LogP) is -8.59. The van der Waals surface area contributed by atoms with Gasteiger partial charge in [0.2, 0.25) is 0 Å². The van der Waals surface area contributed by atoms with Crippen molar-refractivity contribution in [3.05, 3.63) is 0 Å². The first-order valence-electron chi connectivity index (χ1n) is 2.17. The van der Waals surface area contributed by atoms with Crippen molar-refractivity contribution in [2.75, 3.05) is 0 Å². The van der Waals surface area contributed by atoms with E-state index in [-0.39, 0.29) is 66.1 Å². The maximum atomic E-state index is 8.64. The van der Waals surface area contributed by atoms with Crippen LogP contribution in [0.25, 0.3) is 0 Å². The molecule has 0 aliphatic rings. The van der Waals surface area contributed by atoms with Gasteiger partial charge >= 0.3 is 164 Å². The van der Waals surface area contributed by atoms with Crippen LogP contribution >= 0.6 is 0 Å². The SMILES string of the molecule is [Bi+3].[Gd+3].[O]=[Ru](=[O])(=[O])([O-])[O-].[O]=[Ru](=[O])(=[O])([O-])[O-].[O]=[Ru](=[O])(=[O])([O-])[O-]. The van der Waals surface area contributed by atoms with Crippen LogP contribution in [0, 0.1) is 39.9 Å². The first-order chi connectivity index (χ1) is 6.71. The van der Waals surface area contributed by atoms with Crippen LogP contribution in [-0.2, 0) is 74.7 Å². The molecule has 0 N–H and O–H groups in total. The van der Waals surface area contributed by atoms with Gasteiger partial charge in [-0.2, -0.15) is 0 Å². The standard InChI is InChI=1S/Bi.Gd.15O.3Ru/q2*+3;;;;;;;;;;6*-1;;;. The molecule has 0 aliphatic carbocycles. The van der Waals surface area contributed by atoms with Crippen molar-refractivity contribution in [2.45, 2.75) is 0 Å². The molecule has 0 aromatic rings. The molecular weight excluding hydrogens is 909 g/mol. The average Bonchev–Trinajstić information content (AvgIpc) is 1.29. The normalized spacial score (nSPS) is 16.8. The number of hydrogen-bond donors (Lipinski definition) is 0. The molecule has 0 heterocycles. The second kappa shape index (κ2) is 8.23. The van der Waals surface area contributed by atoms with E-state index in [1.165, 1.54) is 0 Å². The summed E-state index contributed by atoms with van der Waals surface area (Å²) < 4.78 is 130. The molecule has 0 bridgehead atoms. The predicted molar refractivity (Wildman–Crippen MR) is 11.9 cm³/mol. The first kappa shape index (κ1) is 33.6. The quantitative estimate of drug-likeness (QED) is 0.204. The molecule has 0 aromatic carbocycles. The Morgan fingerprint density at radius 2 is 0.400 bits per heavy atom. The summed E-state index contributed by atoms with van der Waals surface area (Å²) in [6, 6.07) is 0. The summed E-state index contributed by atoms with van der Waals surface area (Å²) in [6.45, 7) is 0. The van der Waals surface area contributed by atoms with E-state index in [9.17, 15) is 0 Å². The van der Waals surface area contributed by atoms with Crippen LogP contribution in [0.1, 0.15) is 0 Å². The average molecular weight is 909 g/mol. The molecule has 15 nitrogen and oxygen atoms in total. The van der Waals surface area contributed by atoms with Gasteiger partial charge in [-0.15, -0.1) is 0 Å². The summed E-state index contributed by atoms with van der Waals surface area (Å²) in [4.78, 5) is 0. The zero-order chi connectivity index (χ0) is 16.3. The van der Waals surface area contributed by atoms with Crippen LogP contribution in [0.15, 0.2) is 0 Å². The molecule has 0 unspecified atom stereocenters. The summed E-state index contributed by atoms with van der Waals surface area (Å²) in [6.07, 6.45) is 0. The molecule has 0 aromatic heterocycles. The molecule has 0 spiro atoms. The van der Waals surface area contributed by atoms with Crippen LogP contribution in [0.4, 0.5) is 0 Å². The third kappa shape index (κ3) is 1750. The zero-order valence-electron chi connectivity index (χ0n) is 7.99. The van der Waals surface area contributed by atoms with E-state index >= 15 is 0 Å². The van der Waals surface area contributed by atoms with Gasteiger partial charge in [-0.1, -0.05) is 0 Å². The molecule has 20 heteroatoms. The van der Waals surface area contributed by atoms with Gasteiger partial charge in [-0.05, 0) is 0 Å². The van der Waals surface area contributed by atoms with Crippen molar-refractivity contribution in [2.24, 2.45) is 0 Å². The summed E-state index contributed by atoms with van der Waals surface area (Å²) in [5, 5.41) is 0. The van der Waals surface area contributed by atoms with Crippen LogP contribution in [0.3, 0.4) is 0 Å². The van der Waals surface area contributed by atoms with E-state index in [1.807, 2.05) is 0 Å². The molecule has 20 heavy (non-hydrogen) atoms. The third-order valence-corrected chi connectivity index (χ3v) is 0. The molecule has 3 radical (unpaired) electrons. The van der Waals surface area contributed by atoms with Gasteiger partial charge in [-0.3, -0.25) is 0 Å². The van der Waals surface area contributed by atoms with Gasteiger partial charge in [0.25, 0.3) is 0 Å². The fraction of sp³-hybridized carbons (Fsp3) is 0. The Morgan fingerprint density at radius 3 is 0.400 bits per heavy atom. The van der Waals surface area contributed by atoms with Gasteiger partial charge in [0, 0.05) is 0 Å². The first-order valence-corrected chi connectivity index (χ1v) is 12.8. The number of hydrogen-bond acceptors (Lipinski definition) is 15. The summed E-state index contributed by atoms with van der Waals surface area (Å²) in [5.74, 6) is 0. The van der Waals surface area contributed by atoms with Crippen molar-refractivity contribution >= 4 is 26.2 Å². The maximum absolute atomic E-state index is 8.64. The Kier molecular flexibility index (Phi) is 13.8. The Balaban J connectivity index is -0.0000000536. The van der Waals surface area contributed by atoms with Gasteiger partial charge in [0.1, 0.15) is 0 Å². The number of rotatable bonds is 0. The molecular formula is BiGdO15Ru3. The Labute approximate surface area is 161 Å². The van der Waals surface area contributed by atoms with Gasteiger partial charge in [-0.25, -0.2) is 0 Å². The van der Waals surface area contributed by atoms with E-state index < -0.39 is 42.5 Å². The van der Waals surface area contributed by atoms with Crippen molar-refractivity contribution in [3.8, 4) is 0 Å². The van der Waals surface area contributed by atoms with E-state index in [0.717, 1.165) is 0 Å². The molecule has 0 atom stereocenters. The van der Waals surface area contributed by atoms with Crippen LogP contribution in [0.5, 0.6) is 0 Å². The van der Waals surface area contributed by atoms with Crippen LogP contribution in [-0.4, -0.2) is 26.2 Å². The Morgan fingerprint density at radius 1 is 0.400 bits per heavy atom. The third-order valence-electron chi connectivity index (χ3n) is 0. The van der Waals surface area contributed by atoms with E-state index in [1.54, 1.807) is 0 Å². The zero-order valence-corrected chi connectivity index (χ0v) is 18.9. The van der Waals surface area contributed by atoms with Gasteiger partial charge in [0.05, 0.1) is 0 Å². The Hall–Kier alpha value is 2.04. The molecule has 0 aliphatic heterocycles. The molecule has 0 saturated heterocycles. The van der Waals surface area contributed by atoms with Gasteiger partial charge in [0.15, 0.2) is 0 Å². The second-order valence-electron chi connectivity index (χ2n) is 1.77. The molecule has 127 valence electrons. The van der Waals surface area contributed by atoms with Crippen molar-refractivity contribution < 1.29 is 138 Å². The van der Waals surface area contributed by atoms with Crippen molar-refractivity contribution in [3.63, 3.8) is 0 Å². The van der Waals surface area contributed by atoms with E-state index in [0.29, 0.717) is 0 Å². The second-order valence-corrected chi connectivity index (χ2v) is 10.5. The van der Waals surface area contributed by atoms with Gasteiger partial charge < -0.3 is 0 Å². The molecule has 0 saturated carbocycles. The summed E-state index contributed by atoms with van der Waals surface area (Å²) in [7, 11) is 0.